The van der Waals surface area contributed by atoms with Gasteiger partial charge in [0.25, 0.3) is 0 Å². The molecule has 1 aromatic rings. The largest absolute Gasteiger partial charge is 0.356 e. The first-order chi connectivity index (χ1) is 11.0. The molecule has 1 rings (SSSR count). The normalized spacial score (nSPS) is 10.9. The van der Waals surface area contributed by atoms with E-state index in [2.05, 4.69) is 47.9 Å². The van der Waals surface area contributed by atoms with Gasteiger partial charge in [-0.1, -0.05) is 51.1 Å². The number of nitrogens with one attached hydrogen (secondary N) is 1. The van der Waals surface area contributed by atoms with Crippen LogP contribution < -0.4 is 10.2 Å². The molecule has 0 saturated carbocycles. The predicted octanol–water partition coefficient (Wildman–Crippen LogP) is 3.62. The quantitative estimate of drug-likeness (QED) is 0.393. The fraction of sp³-hybridized carbons (Fsp3) is 0.688. The number of hydrogen-bond donors (Lipinski definition) is 1. The van der Waals surface area contributed by atoms with Gasteiger partial charge in [-0.25, -0.2) is 9.97 Å². The maximum Gasteiger partial charge on any atom is 0.230 e. The van der Waals surface area contributed by atoms with Gasteiger partial charge < -0.3 is 10.2 Å². The number of anilines is 1. The van der Waals surface area contributed by atoms with E-state index in [1.54, 1.807) is 6.07 Å². The summed E-state index contributed by atoms with van der Waals surface area (Å²) in [7, 11) is 0. The van der Waals surface area contributed by atoms with E-state index in [0.29, 0.717) is 28.5 Å². The van der Waals surface area contributed by atoms with E-state index >= 15 is 0 Å². The van der Waals surface area contributed by atoms with Gasteiger partial charge in [-0.15, -0.1) is 0 Å². The van der Waals surface area contributed by atoms with E-state index in [9.17, 15) is 4.79 Å². The molecule has 0 spiro atoms. The van der Waals surface area contributed by atoms with Gasteiger partial charge in [0, 0.05) is 25.7 Å². The first kappa shape index (κ1) is 20.0. The lowest BCUT2D eigenvalue weighted by Crippen LogP contribution is -2.29. The lowest BCUT2D eigenvalue weighted by molar-refractivity contribution is -0.118. The second-order valence-electron chi connectivity index (χ2n) is 5.81. The molecule has 1 amide bonds. The van der Waals surface area contributed by atoms with Crippen LogP contribution in [0, 0.1) is 5.92 Å². The van der Waals surface area contributed by atoms with Gasteiger partial charge in [-0.05, 0) is 18.8 Å². The zero-order chi connectivity index (χ0) is 17.2. The van der Waals surface area contributed by atoms with E-state index in [4.69, 9.17) is 11.6 Å². The molecule has 0 aliphatic carbocycles. The van der Waals surface area contributed by atoms with Crippen LogP contribution in [0.4, 0.5) is 5.82 Å². The topological polar surface area (TPSA) is 58.1 Å². The van der Waals surface area contributed by atoms with Crippen molar-refractivity contribution in [2.45, 2.75) is 45.7 Å². The highest BCUT2D eigenvalue weighted by Gasteiger charge is 2.12. The molecule has 130 valence electrons. The fourth-order valence-electron chi connectivity index (χ4n) is 1.99. The summed E-state index contributed by atoms with van der Waals surface area (Å²) in [5.74, 6) is 1.56. The van der Waals surface area contributed by atoms with Crippen LogP contribution in [0.2, 0.25) is 5.15 Å². The number of nitrogens with zero attached hydrogens (tertiary/aromatic N) is 3. The minimum absolute atomic E-state index is 0.00667. The number of hydrogen-bond acceptors (Lipinski definition) is 5. The monoisotopic (exact) mass is 358 g/mol. The fourth-order valence-corrected chi connectivity index (χ4v) is 2.90. The lowest BCUT2D eigenvalue weighted by atomic mass is 10.2. The first-order valence-corrected chi connectivity index (χ1v) is 9.51. The van der Waals surface area contributed by atoms with E-state index in [0.717, 1.165) is 31.7 Å². The predicted molar refractivity (Wildman–Crippen MR) is 98.4 cm³/mol. The molecule has 1 aromatic heterocycles. The van der Waals surface area contributed by atoms with Crippen LogP contribution in [0.3, 0.4) is 0 Å². The highest BCUT2D eigenvalue weighted by atomic mass is 35.5. The Kier molecular flexibility index (Phi) is 9.33. The Morgan fingerprint density at radius 2 is 1.96 bits per heavy atom. The number of rotatable bonds is 10. The Bertz CT molecular complexity index is 493. The number of thioether (sulfide) groups is 1. The zero-order valence-electron chi connectivity index (χ0n) is 14.4. The number of amides is 1. The third-order valence-corrected chi connectivity index (χ3v) is 4.05. The average Bonchev–Trinajstić information content (AvgIpc) is 2.50. The van der Waals surface area contributed by atoms with Crippen molar-refractivity contribution in [3.63, 3.8) is 0 Å². The van der Waals surface area contributed by atoms with E-state index in [-0.39, 0.29) is 5.91 Å². The summed E-state index contributed by atoms with van der Waals surface area (Å²) < 4.78 is 0. The van der Waals surface area contributed by atoms with Crippen molar-refractivity contribution in [1.29, 1.82) is 0 Å². The Morgan fingerprint density at radius 1 is 1.30 bits per heavy atom. The van der Waals surface area contributed by atoms with Crippen LogP contribution in [-0.2, 0) is 4.79 Å². The second-order valence-corrected chi connectivity index (χ2v) is 7.13. The molecule has 0 saturated heterocycles. The second kappa shape index (κ2) is 10.7. The zero-order valence-corrected chi connectivity index (χ0v) is 16.0. The molecule has 23 heavy (non-hydrogen) atoms. The highest BCUT2D eigenvalue weighted by molar-refractivity contribution is 7.99. The summed E-state index contributed by atoms with van der Waals surface area (Å²) in [6, 6.07) is 1.79. The van der Waals surface area contributed by atoms with Crippen LogP contribution in [0.15, 0.2) is 11.2 Å². The molecule has 0 aliphatic heterocycles. The minimum Gasteiger partial charge on any atom is -0.356 e. The molecule has 1 N–H and O–H groups in total. The Morgan fingerprint density at radius 3 is 2.52 bits per heavy atom. The van der Waals surface area contributed by atoms with Gasteiger partial charge in [-0.2, -0.15) is 0 Å². The summed E-state index contributed by atoms with van der Waals surface area (Å²) in [6.45, 7) is 11.0. The van der Waals surface area contributed by atoms with Gasteiger partial charge >= 0.3 is 0 Å². The van der Waals surface area contributed by atoms with E-state index < -0.39 is 0 Å². The number of carbonyl (C=O) groups is 1. The molecule has 0 radical (unpaired) electrons. The van der Waals surface area contributed by atoms with Gasteiger partial charge in [0.05, 0.1) is 5.75 Å². The Hall–Kier alpha value is -1.01. The third-order valence-electron chi connectivity index (χ3n) is 3.01. The molecule has 0 bridgehead atoms. The molecule has 0 aromatic carbocycles. The van der Waals surface area contributed by atoms with Crippen LogP contribution in [0.1, 0.15) is 40.5 Å². The molecule has 0 fully saturated rings. The van der Waals surface area contributed by atoms with Gasteiger partial charge in [-0.3, -0.25) is 4.79 Å². The Balaban J connectivity index is 2.70. The maximum absolute atomic E-state index is 11.8. The summed E-state index contributed by atoms with van der Waals surface area (Å²) >= 11 is 7.44. The summed E-state index contributed by atoms with van der Waals surface area (Å²) in [6.07, 6.45) is 2.09. The van der Waals surface area contributed by atoms with Gasteiger partial charge in [0.1, 0.15) is 11.0 Å². The lowest BCUT2D eigenvalue weighted by Gasteiger charge is -2.22. The van der Waals surface area contributed by atoms with E-state index in [1.807, 2.05) is 0 Å². The van der Waals surface area contributed by atoms with Crippen LogP contribution >= 0.6 is 23.4 Å². The number of carbonyl (C=O) groups excluding carboxylic acids is 1. The van der Waals surface area contributed by atoms with Crippen molar-refractivity contribution < 1.29 is 4.79 Å². The highest BCUT2D eigenvalue weighted by Crippen LogP contribution is 2.22. The average molecular weight is 359 g/mol. The van der Waals surface area contributed by atoms with Crippen LogP contribution in [-0.4, -0.2) is 41.3 Å². The Labute approximate surface area is 148 Å². The molecule has 0 unspecified atom stereocenters. The minimum atomic E-state index is -0.00667. The standard InChI is InChI=1S/C16H27ClN4OS/c1-5-7-21(8-6-2)14-9-13(17)19-16(20-14)23-11-15(22)18-10-12(3)4/h9,12H,5-8,10-11H2,1-4H3,(H,18,22). The van der Waals surface area contributed by atoms with Crippen molar-refractivity contribution in [2.75, 3.05) is 30.3 Å². The molecule has 7 heteroatoms. The van der Waals surface area contributed by atoms with Gasteiger partial charge in [0.15, 0.2) is 5.16 Å². The SMILES string of the molecule is CCCN(CCC)c1cc(Cl)nc(SCC(=O)NCC(C)C)n1. The van der Waals surface area contributed by atoms with Gasteiger partial charge in [0.2, 0.25) is 5.91 Å². The first-order valence-electron chi connectivity index (χ1n) is 8.15. The van der Waals surface area contributed by atoms with Crippen LogP contribution in [0.25, 0.3) is 0 Å². The maximum atomic E-state index is 11.8. The van der Waals surface area contributed by atoms with Crippen molar-refractivity contribution >= 4 is 35.1 Å². The van der Waals surface area contributed by atoms with Crippen molar-refractivity contribution in [3.05, 3.63) is 11.2 Å². The molecule has 5 nitrogen and oxygen atoms in total. The number of aromatic nitrogens is 2. The van der Waals surface area contributed by atoms with Crippen LogP contribution in [0.5, 0.6) is 0 Å². The summed E-state index contributed by atoms with van der Waals surface area (Å²) in [5.41, 5.74) is 0. The molecular formula is C16H27ClN4OS. The van der Waals surface area contributed by atoms with Crippen molar-refractivity contribution in [3.8, 4) is 0 Å². The van der Waals surface area contributed by atoms with Crippen molar-refractivity contribution in [1.82, 2.24) is 15.3 Å². The molecule has 0 atom stereocenters. The van der Waals surface area contributed by atoms with E-state index in [1.165, 1.54) is 11.8 Å². The number of halogens is 1. The molecular weight excluding hydrogens is 332 g/mol. The molecule has 0 aliphatic rings. The molecule has 1 heterocycles. The third kappa shape index (κ3) is 7.88. The summed E-state index contributed by atoms with van der Waals surface area (Å²) in [5, 5.41) is 3.85. The summed E-state index contributed by atoms with van der Waals surface area (Å²) in [4.78, 5) is 22.8. The van der Waals surface area contributed by atoms with Crippen molar-refractivity contribution in [2.24, 2.45) is 5.92 Å². The smallest absolute Gasteiger partial charge is 0.230 e.